The number of nitriles is 1. The van der Waals surface area contributed by atoms with Crippen molar-refractivity contribution < 1.29 is 18.4 Å². The second-order valence-corrected chi connectivity index (χ2v) is 6.96. The Hall–Kier alpha value is -3.28. The molecule has 148 valence electrons. The summed E-state index contributed by atoms with van der Waals surface area (Å²) in [6, 6.07) is 5.51. The standard InChI is InChI=1S/C19H23N5O4/c1-12(2)22-16(25)11-21-17(26)13-5-7-24(8-6-13)19-14(10-20)23-18(28-19)15-4-3-9-27-15/h3-4,9,12-13H,5-8,11H2,1-2H3,(H,21,26)(H,22,25). The summed E-state index contributed by atoms with van der Waals surface area (Å²) in [5.74, 6) is 0.592. The number of rotatable bonds is 6. The molecule has 9 nitrogen and oxygen atoms in total. The first-order valence-electron chi connectivity index (χ1n) is 9.24. The first kappa shape index (κ1) is 19.5. The van der Waals surface area contributed by atoms with Crippen molar-refractivity contribution >= 4 is 17.7 Å². The smallest absolute Gasteiger partial charge is 0.266 e. The number of amides is 2. The molecule has 28 heavy (non-hydrogen) atoms. The number of nitrogens with one attached hydrogen (secondary N) is 2. The van der Waals surface area contributed by atoms with E-state index in [2.05, 4.69) is 15.6 Å². The van der Waals surface area contributed by atoms with Crippen LogP contribution >= 0.6 is 0 Å². The molecule has 0 spiro atoms. The van der Waals surface area contributed by atoms with Gasteiger partial charge in [0.15, 0.2) is 5.76 Å². The molecule has 2 amide bonds. The Morgan fingerprint density at radius 1 is 1.39 bits per heavy atom. The maximum Gasteiger partial charge on any atom is 0.266 e. The van der Waals surface area contributed by atoms with Gasteiger partial charge in [0.1, 0.15) is 6.07 Å². The Labute approximate surface area is 162 Å². The zero-order chi connectivity index (χ0) is 20.1. The summed E-state index contributed by atoms with van der Waals surface area (Å²) in [5.41, 5.74) is 0.194. The van der Waals surface area contributed by atoms with Gasteiger partial charge in [-0.05, 0) is 38.8 Å². The van der Waals surface area contributed by atoms with Crippen molar-refractivity contribution in [1.29, 1.82) is 5.26 Å². The van der Waals surface area contributed by atoms with Crippen molar-refractivity contribution in [3.8, 4) is 17.7 Å². The number of furan rings is 1. The van der Waals surface area contributed by atoms with Crippen molar-refractivity contribution in [3.63, 3.8) is 0 Å². The summed E-state index contributed by atoms with van der Waals surface area (Å²) in [4.78, 5) is 30.1. The van der Waals surface area contributed by atoms with E-state index in [1.54, 1.807) is 12.1 Å². The lowest BCUT2D eigenvalue weighted by atomic mass is 9.96. The van der Waals surface area contributed by atoms with Gasteiger partial charge in [-0.3, -0.25) is 9.59 Å². The fraction of sp³-hybridized carbons (Fsp3) is 0.474. The Balaban J connectivity index is 1.56. The maximum atomic E-state index is 12.3. The molecule has 0 aromatic carbocycles. The maximum absolute atomic E-state index is 12.3. The number of carbonyl (C=O) groups is 2. The topological polar surface area (TPSA) is 124 Å². The van der Waals surface area contributed by atoms with Gasteiger partial charge in [-0.15, -0.1) is 0 Å². The molecule has 0 bridgehead atoms. The number of piperidine rings is 1. The molecule has 0 radical (unpaired) electrons. The van der Waals surface area contributed by atoms with E-state index in [1.807, 2.05) is 24.8 Å². The van der Waals surface area contributed by atoms with Gasteiger partial charge in [0.05, 0.1) is 12.8 Å². The summed E-state index contributed by atoms with van der Waals surface area (Å²) in [7, 11) is 0. The summed E-state index contributed by atoms with van der Waals surface area (Å²) in [6.07, 6.45) is 2.70. The lowest BCUT2D eigenvalue weighted by molar-refractivity contribution is -0.129. The van der Waals surface area contributed by atoms with E-state index in [9.17, 15) is 14.9 Å². The molecule has 2 N–H and O–H groups in total. The van der Waals surface area contributed by atoms with Gasteiger partial charge in [0.2, 0.25) is 23.4 Å². The number of hydrogen-bond acceptors (Lipinski definition) is 7. The predicted octanol–water partition coefficient (Wildman–Crippen LogP) is 1.66. The van der Waals surface area contributed by atoms with E-state index < -0.39 is 0 Å². The van der Waals surface area contributed by atoms with E-state index in [-0.39, 0.29) is 41.9 Å². The van der Waals surface area contributed by atoms with Crippen molar-refractivity contribution in [2.24, 2.45) is 5.92 Å². The fourth-order valence-electron chi connectivity index (χ4n) is 3.13. The number of oxazole rings is 1. The zero-order valence-electron chi connectivity index (χ0n) is 15.9. The highest BCUT2D eigenvalue weighted by Crippen LogP contribution is 2.31. The third-order valence-electron chi connectivity index (χ3n) is 4.47. The Morgan fingerprint density at radius 2 is 2.14 bits per heavy atom. The number of aromatic nitrogens is 1. The molecule has 1 saturated heterocycles. The van der Waals surface area contributed by atoms with Crippen LogP contribution in [0.1, 0.15) is 32.4 Å². The van der Waals surface area contributed by atoms with Crippen molar-refractivity contribution in [2.45, 2.75) is 32.7 Å². The number of anilines is 1. The lowest BCUT2D eigenvalue weighted by Gasteiger charge is -2.30. The van der Waals surface area contributed by atoms with Crippen LogP contribution in [0, 0.1) is 17.2 Å². The molecular weight excluding hydrogens is 362 g/mol. The Morgan fingerprint density at radius 3 is 2.75 bits per heavy atom. The van der Waals surface area contributed by atoms with E-state index in [4.69, 9.17) is 8.83 Å². The highest BCUT2D eigenvalue weighted by Gasteiger charge is 2.29. The van der Waals surface area contributed by atoms with Crippen LogP contribution in [-0.4, -0.2) is 42.5 Å². The molecule has 1 aliphatic rings. The van der Waals surface area contributed by atoms with Crippen LogP contribution in [-0.2, 0) is 9.59 Å². The molecule has 1 fully saturated rings. The van der Waals surface area contributed by atoms with Crippen LogP contribution < -0.4 is 15.5 Å². The minimum absolute atomic E-state index is 0.0234. The van der Waals surface area contributed by atoms with Gasteiger partial charge in [0, 0.05) is 25.0 Å². The zero-order valence-corrected chi connectivity index (χ0v) is 15.9. The highest BCUT2D eigenvalue weighted by atomic mass is 16.4. The summed E-state index contributed by atoms with van der Waals surface area (Å²) >= 11 is 0. The quantitative estimate of drug-likeness (QED) is 0.775. The number of carbonyl (C=O) groups excluding carboxylic acids is 2. The van der Waals surface area contributed by atoms with Crippen LogP contribution in [0.15, 0.2) is 27.2 Å². The van der Waals surface area contributed by atoms with Gasteiger partial charge in [-0.2, -0.15) is 10.2 Å². The molecule has 3 rings (SSSR count). The van der Waals surface area contributed by atoms with Crippen LogP contribution in [0.5, 0.6) is 0 Å². The van der Waals surface area contributed by atoms with Crippen LogP contribution in [0.4, 0.5) is 5.88 Å². The third-order valence-corrected chi connectivity index (χ3v) is 4.47. The van der Waals surface area contributed by atoms with Crippen molar-refractivity contribution in [2.75, 3.05) is 24.5 Å². The Kier molecular flexibility index (Phi) is 5.99. The lowest BCUT2D eigenvalue weighted by Crippen LogP contribution is -2.44. The molecule has 2 aromatic rings. The van der Waals surface area contributed by atoms with Gasteiger partial charge in [-0.1, -0.05) is 0 Å². The van der Waals surface area contributed by atoms with E-state index in [0.717, 1.165) is 0 Å². The monoisotopic (exact) mass is 385 g/mol. The van der Waals surface area contributed by atoms with Crippen molar-refractivity contribution in [1.82, 2.24) is 15.6 Å². The SMILES string of the molecule is CC(C)NC(=O)CNC(=O)C1CCN(c2oc(-c3ccco3)nc2C#N)CC1. The van der Waals surface area contributed by atoms with Gasteiger partial charge in [-0.25, -0.2) is 0 Å². The second-order valence-electron chi connectivity index (χ2n) is 6.96. The van der Waals surface area contributed by atoms with E-state index in [0.29, 0.717) is 37.6 Å². The normalized spacial score (nSPS) is 14.7. The van der Waals surface area contributed by atoms with Gasteiger partial charge < -0.3 is 24.4 Å². The number of hydrogen-bond donors (Lipinski definition) is 2. The molecule has 9 heteroatoms. The van der Waals surface area contributed by atoms with Crippen molar-refractivity contribution in [3.05, 3.63) is 24.1 Å². The second kappa shape index (κ2) is 8.61. The van der Waals surface area contributed by atoms with E-state index >= 15 is 0 Å². The minimum atomic E-state index is -0.202. The summed E-state index contributed by atoms with van der Waals surface area (Å²) in [6.45, 7) is 4.82. The predicted molar refractivity (Wildman–Crippen MR) is 100 cm³/mol. The highest BCUT2D eigenvalue weighted by molar-refractivity contribution is 5.86. The molecule has 0 saturated carbocycles. The first-order chi connectivity index (χ1) is 13.5. The van der Waals surface area contributed by atoms with E-state index in [1.165, 1.54) is 6.26 Å². The average Bonchev–Trinajstić information content (AvgIpc) is 3.35. The molecule has 2 aromatic heterocycles. The van der Waals surface area contributed by atoms with Crippen LogP contribution in [0.3, 0.4) is 0 Å². The fourth-order valence-corrected chi connectivity index (χ4v) is 3.13. The Bertz CT molecular complexity index is 858. The molecule has 1 aliphatic heterocycles. The minimum Gasteiger partial charge on any atom is -0.459 e. The van der Waals surface area contributed by atoms with Crippen LogP contribution in [0.25, 0.3) is 11.7 Å². The van der Waals surface area contributed by atoms with Gasteiger partial charge >= 0.3 is 0 Å². The van der Waals surface area contributed by atoms with Gasteiger partial charge in [0.25, 0.3) is 5.89 Å². The summed E-state index contributed by atoms with van der Waals surface area (Å²) in [5, 5.41) is 14.8. The number of nitrogens with zero attached hydrogens (tertiary/aromatic N) is 3. The summed E-state index contributed by atoms with van der Waals surface area (Å²) < 4.78 is 11.0. The third kappa shape index (κ3) is 4.52. The molecule has 0 atom stereocenters. The first-order valence-corrected chi connectivity index (χ1v) is 9.24. The largest absolute Gasteiger partial charge is 0.459 e. The van der Waals surface area contributed by atoms with Crippen LogP contribution in [0.2, 0.25) is 0 Å². The molecular formula is C19H23N5O4. The molecule has 0 unspecified atom stereocenters. The molecule has 0 aliphatic carbocycles. The molecule has 3 heterocycles. The average molecular weight is 385 g/mol.